The summed E-state index contributed by atoms with van der Waals surface area (Å²) in [4.78, 5) is 1.33. The molecule has 1 N–H and O–H groups in total. The van der Waals surface area contributed by atoms with E-state index in [2.05, 4.69) is 40.0 Å². The molecule has 0 fully saturated rings. The first kappa shape index (κ1) is 12.9. The second-order valence-electron chi connectivity index (χ2n) is 3.39. The predicted molar refractivity (Wildman–Crippen MR) is 69.4 cm³/mol. The lowest BCUT2D eigenvalue weighted by Crippen LogP contribution is -2.19. The van der Waals surface area contributed by atoms with E-state index in [9.17, 15) is 0 Å². The van der Waals surface area contributed by atoms with Crippen LogP contribution in [0, 0.1) is 0 Å². The van der Waals surface area contributed by atoms with Gasteiger partial charge in [-0.2, -0.15) is 0 Å². The van der Waals surface area contributed by atoms with Gasteiger partial charge in [-0.3, -0.25) is 0 Å². The fourth-order valence-electron chi connectivity index (χ4n) is 1.05. The third kappa shape index (κ3) is 6.10. The highest BCUT2D eigenvalue weighted by atomic mass is 79.9. The van der Waals surface area contributed by atoms with Gasteiger partial charge in [0, 0.05) is 18.0 Å². The van der Waals surface area contributed by atoms with E-state index < -0.39 is 0 Å². The Kier molecular flexibility index (Phi) is 6.17. The van der Waals surface area contributed by atoms with Crippen LogP contribution in [0.5, 0.6) is 0 Å². The van der Waals surface area contributed by atoms with Crippen LogP contribution >= 0.6 is 27.3 Å². The molecule has 0 saturated carbocycles. The number of nitrogens with one attached hydrogen (secondary N) is 1. The summed E-state index contributed by atoms with van der Waals surface area (Å²) in [7, 11) is 0. The Bertz CT molecular complexity index is 311. The van der Waals surface area contributed by atoms with Gasteiger partial charge in [0.2, 0.25) is 0 Å². The number of hydrogen-bond donors (Lipinski definition) is 1. The van der Waals surface area contributed by atoms with Crippen LogP contribution in [0.3, 0.4) is 0 Å². The smallest absolute Gasteiger partial charge is 0.0701 e. The Labute approximate surface area is 103 Å². The van der Waals surface area contributed by atoms with Gasteiger partial charge >= 0.3 is 0 Å². The summed E-state index contributed by atoms with van der Waals surface area (Å²) in [5.41, 5.74) is 1.07. The van der Waals surface area contributed by atoms with Crippen LogP contribution in [0.25, 0.3) is 0 Å². The number of halogens is 1. The van der Waals surface area contributed by atoms with Gasteiger partial charge in [0.1, 0.15) is 0 Å². The lowest BCUT2D eigenvalue weighted by Gasteiger charge is -2.04. The summed E-state index contributed by atoms with van der Waals surface area (Å²) in [6.45, 7) is 8.92. The molecule has 0 aromatic carbocycles. The van der Waals surface area contributed by atoms with E-state index in [1.165, 1.54) is 8.66 Å². The van der Waals surface area contributed by atoms with E-state index in [1.54, 1.807) is 11.3 Å². The van der Waals surface area contributed by atoms with Crippen molar-refractivity contribution in [3.05, 3.63) is 32.9 Å². The fraction of sp³-hybridized carbons (Fsp3) is 0.455. The molecule has 0 aliphatic carbocycles. The van der Waals surface area contributed by atoms with E-state index in [0.29, 0.717) is 6.61 Å². The summed E-state index contributed by atoms with van der Waals surface area (Å²) >= 11 is 5.19. The summed E-state index contributed by atoms with van der Waals surface area (Å²) in [6.07, 6.45) is 0. The first-order valence-electron chi connectivity index (χ1n) is 4.85. The zero-order valence-electron chi connectivity index (χ0n) is 8.88. The molecule has 15 heavy (non-hydrogen) atoms. The molecule has 84 valence electrons. The Balaban J connectivity index is 2.00. The summed E-state index contributed by atoms with van der Waals surface area (Å²) in [5.74, 6) is 0. The average Bonchev–Trinajstić information content (AvgIpc) is 2.57. The molecular weight excluding hydrogens is 274 g/mol. The molecule has 0 amide bonds. The van der Waals surface area contributed by atoms with Crippen molar-refractivity contribution < 1.29 is 4.74 Å². The Hall–Kier alpha value is -0.160. The van der Waals surface area contributed by atoms with Gasteiger partial charge in [-0.1, -0.05) is 12.2 Å². The van der Waals surface area contributed by atoms with Crippen LogP contribution in [-0.2, 0) is 11.3 Å². The van der Waals surface area contributed by atoms with Crippen molar-refractivity contribution in [3.8, 4) is 0 Å². The highest BCUT2D eigenvalue weighted by Crippen LogP contribution is 2.21. The van der Waals surface area contributed by atoms with Gasteiger partial charge in [0.15, 0.2) is 0 Å². The van der Waals surface area contributed by atoms with E-state index in [4.69, 9.17) is 4.74 Å². The average molecular weight is 290 g/mol. The molecule has 0 atom stereocenters. The molecule has 0 aliphatic heterocycles. The molecule has 1 rings (SSSR count). The maximum Gasteiger partial charge on any atom is 0.0701 e. The SMILES string of the molecule is C=C(C)COCCNCc1ccc(Br)s1. The van der Waals surface area contributed by atoms with Crippen LogP contribution in [0.1, 0.15) is 11.8 Å². The monoisotopic (exact) mass is 289 g/mol. The Morgan fingerprint density at radius 2 is 2.40 bits per heavy atom. The largest absolute Gasteiger partial charge is 0.376 e. The van der Waals surface area contributed by atoms with Crippen molar-refractivity contribution >= 4 is 27.3 Å². The predicted octanol–water partition coefficient (Wildman–Crippen LogP) is 3.19. The van der Waals surface area contributed by atoms with Crippen molar-refractivity contribution in [2.75, 3.05) is 19.8 Å². The molecule has 1 aromatic rings. The molecule has 0 aliphatic rings. The first-order valence-corrected chi connectivity index (χ1v) is 6.46. The Morgan fingerprint density at radius 1 is 1.60 bits per heavy atom. The van der Waals surface area contributed by atoms with Gasteiger partial charge in [0.25, 0.3) is 0 Å². The van der Waals surface area contributed by atoms with Gasteiger partial charge in [-0.15, -0.1) is 11.3 Å². The van der Waals surface area contributed by atoms with Crippen LogP contribution < -0.4 is 5.32 Å². The second-order valence-corrected chi connectivity index (χ2v) is 5.94. The van der Waals surface area contributed by atoms with E-state index in [0.717, 1.165) is 25.3 Å². The maximum atomic E-state index is 5.37. The van der Waals surface area contributed by atoms with Crippen LogP contribution in [-0.4, -0.2) is 19.8 Å². The molecule has 4 heteroatoms. The van der Waals surface area contributed by atoms with Crippen molar-refractivity contribution in [2.24, 2.45) is 0 Å². The fourth-order valence-corrected chi connectivity index (χ4v) is 2.50. The maximum absolute atomic E-state index is 5.37. The molecular formula is C11H16BrNOS. The second kappa shape index (κ2) is 7.17. The molecule has 1 heterocycles. The summed E-state index contributed by atoms with van der Waals surface area (Å²) in [5, 5.41) is 3.32. The first-order chi connectivity index (χ1) is 7.18. The van der Waals surface area contributed by atoms with Crippen molar-refractivity contribution in [2.45, 2.75) is 13.5 Å². The molecule has 0 spiro atoms. The van der Waals surface area contributed by atoms with Crippen molar-refractivity contribution in [3.63, 3.8) is 0 Å². The molecule has 1 aromatic heterocycles. The normalized spacial score (nSPS) is 10.5. The molecule has 2 nitrogen and oxygen atoms in total. The highest BCUT2D eigenvalue weighted by molar-refractivity contribution is 9.11. The zero-order valence-corrected chi connectivity index (χ0v) is 11.3. The minimum Gasteiger partial charge on any atom is -0.376 e. The standard InChI is InChI=1S/C11H16BrNOS/c1-9(2)8-14-6-5-13-7-10-3-4-11(12)15-10/h3-4,13H,1,5-8H2,2H3. The van der Waals surface area contributed by atoms with Gasteiger partial charge in [-0.05, 0) is 35.0 Å². The lowest BCUT2D eigenvalue weighted by atomic mass is 10.4. The summed E-state index contributed by atoms with van der Waals surface area (Å²) in [6, 6.07) is 4.19. The number of hydrogen-bond acceptors (Lipinski definition) is 3. The van der Waals surface area contributed by atoms with E-state index in [1.807, 2.05) is 6.92 Å². The zero-order chi connectivity index (χ0) is 11.1. The minimum atomic E-state index is 0.659. The molecule has 0 radical (unpaired) electrons. The van der Waals surface area contributed by atoms with Crippen LogP contribution in [0.4, 0.5) is 0 Å². The van der Waals surface area contributed by atoms with Gasteiger partial charge in [0.05, 0.1) is 17.0 Å². The number of thiophene rings is 1. The number of ether oxygens (including phenoxy) is 1. The van der Waals surface area contributed by atoms with Crippen LogP contribution in [0.2, 0.25) is 0 Å². The third-order valence-electron chi connectivity index (χ3n) is 1.70. The van der Waals surface area contributed by atoms with E-state index in [-0.39, 0.29) is 0 Å². The van der Waals surface area contributed by atoms with Crippen molar-refractivity contribution in [1.29, 1.82) is 0 Å². The van der Waals surface area contributed by atoms with Crippen molar-refractivity contribution in [1.82, 2.24) is 5.32 Å². The number of rotatable bonds is 7. The quantitative estimate of drug-likeness (QED) is 0.615. The molecule has 0 bridgehead atoms. The van der Waals surface area contributed by atoms with E-state index >= 15 is 0 Å². The molecule has 0 saturated heterocycles. The lowest BCUT2D eigenvalue weighted by molar-refractivity contribution is 0.158. The Morgan fingerprint density at radius 3 is 3.00 bits per heavy atom. The highest BCUT2D eigenvalue weighted by Gasteiger charge is 1.96. The topological polar surface area (TPSA) is 21.3 Å². The van der Waals surface area contributed by atoms with Gasteiger partial charge in [-0.25, -0.2) is 0 Å². The van der Waals surface area contributed by atoms with Crippen LogP contribution in [0.15, 0.2) is 28.1 Å². The minimum absolute atomic E-state index is 0.659. The third-order valence-corrected chi connectivity index (χ3v) is 3.32. The van der Waals surface area contributed by atoms with Gasteiger partial charge < -0.3 is 10.1 Å². The summed E-state index contributed by atoms with van der Waals surface area (Å²) < 4.78 is 6.55. The molecule has 0 unspecified atom stereocenters.